The highest BCUT2D eigenvalue weighted by molar-refractivity contribution is 5.54. The molecule has 1 aliphatic heterocycles. The molecule has 0 unspecified atom stereocenters. The Morgan fingerprint density at radius 3 is 3.07 bits per heavy atom. The van der Waals surface area contributed by atoms with Gasteiger partial charge in [-0.3, -0.25) is 0 Å². The summed E-state index contributed by atoms with van der Waals surface area (Å²) in [4.78, 5) is 15.5. The maximum atomic E-state index is 14.3. The van der Waals surface area contributed by atoms with Gasteiger partial charge in [0.1, 0.15) is 23.9 Å². The van der Waals surface area contributed by atoms with E-state index in [1.165, 1.54) is 19.2 Å². The summed E-state index contributed by atoms with van der Waals surface area (Å²) >= 11 is 0. The van der Waals surface area contributed by atoms with Crippen molar-refractivity contribution >= 4 is 11.5 Å². The monoisotopic (exact) mass is 399 g/mol. The number of nitrogens with zero attached hydrogens (tertiary/aromatic N) is 4. The molecule has 1 N–H and O–H groups in total. The first-order valence-corrected chi connectivity index (χ1v) is 9.31. The SMILES string of the molecule is COC[C@]1(CN=O)Cc2cc(F)cc([C@@H](C)Nc3ccn4ncc(C)c4n3)c2O1. The Morgan fingerprint density at radius 1 is 1.48 bits per heavy atom. The second-order valence-electron chi connectivity index (χ2n) is 7.44. The van der Waals surface area contributed by atoms with E-state index in [0.29, 0.717) is 29.1 Å². The summed E-state index contributed by atoms with van der Waals surface area (Å²) in [6.45, 7) is 3.96. The minimum atomic E-state index is -0.910. The van der Waals surface area contributed by atoms with Gasteiger partial charge in [-0.25, -0.2) is 13.9 Å². The van der Waals surface area contributed by atoms with Gasteiger partial charge in [0, 0.05) is 36.4 Å². The van der Waals surface area contributed by atoms with Gasteiger partial charge < -0.3 is 14.8 Å². The van der Waals surface area contributed by atoms with Gasteiger partial charge in [0.25, 0.3) is 0 Å². The van der Waals surface area contributed by atoms with Gasteiger partial charge in [-0.2, -0.15) is 10.0 Å². The first-order valence-electron chi connectivity index (χ1n) is 9.31. The van der Waals surface area contributed by atoms with Gasteiger partial charge in [0.05, 0.1) is 18.8 Å². The number of aryl methyl sites for hydroxylation is 1. The zero-order valence-corrected chi connectivity index (χ0v) is 16.5. The van der Waals surface area contributed by atoms with Crippen LogP contribution in [0.2, 0.25) is 0 Å². The number of hydrogen-bond acceptors (Lipinski definition) is 7. The average molecular weight is 399 g/mol. The van der Waals surface area contributed by atoms with Crippen molar-refractivity contribution in [2.24, 2.45) is 5.18 Å². The largest absolute Gasteiger partial charge is 0.482 e. The minimum Gasteiger partial charge on any atom is -0.482 e. The molecule has 1 aromatic carbocycles. The van der Waals surface area contributed by atoms with E-state index >= 15 is 0 Å². The molecule has 0 amide bonds. The highest BCUT2D eigenvalue weighted by atomic mass is 19.1. The van der Waals surface area contributed by atoms with Crippen LogP contribution in [0.3, 0.4) is 0 Å². The molecule has 2 aromatic heterocycles. The number of benzene rings is 1. The normalized spacial score (nSPS) is 19.0. The molecule has 0 spiro atoms. The number of methoxy groups -OCH3 is 1. The summed E-state index contributed by atoms with van der Waals surface area (Å²) in [6.07, 6.45) is 3.92. The lowest BCUT2D eigenvalue weighted by molar-refractivity contribution is 0.0126. The molecular weight excluding hydrogens is 377 g/mol. The highest BCUT2D eigenvalue weighted by Gasteiger charge is 2.42. The van der Waals surface area contributed by atoms with Gasteiger partial charge in [-0.05, 0) is 32.0 Å². The first kappa shape index (κ1) is 19.3. The Bertz CT molecular complexity index is 1070. The van der Waals surface area contributed by atoms with E-state index in [-0.39, 0.29) is 25.0 Å². The van der Waals surface area contributed by atoms with Crippen LogP contribution < -0.4 is 10.1 Å². The number of anilines is 1. The van der Waals surface area contributed by atoms with Crippen LogP contribution in [0, 0.1) is 17.6 Å². The molecule has 152 valence electrons. The van der Waals surface area contributed by atoms with Crippen molar-refractivity contribution in [1.82, 2.24) is 14.6 Å². The number of nitroso groups, excluding NO2 is 1. The third kappa shape index (κ3) is 3.53. The van der Waals surface area contributed by atoms with Crippen LogP contribution in [-0.4, -0.2) is 40.5 Å². The van der Waals surface area contributed by atoms with Crippen LogP contribution in [0.5, 0.6) is 5.75 Å². The number of aromatic nitrogens is 3. The molecule has 3 heterocycles. The zero-order valence-electron chi connectivity index (χ0n) is 16.5. The van der Waals surface area contributed by atoms with Crippen LogP contribution in [0.4, 0.5) is 10.2 Å². The smallest absolute Gasteiger partial charge is 0.160 e. The third-order valence-electron chi connectivity index (χ3n) is 5.13. The van der Waals surface area contributed by atoms with Crippen LogP contribution >= 0.6 is 0 Å². The van der Waals surface area contributed by atoms with Crippen LogP contribution in [-0.2, 0) is 11.2 Å². The number of hydrogen-bond donors (Lipinski definition) is 1. The molecule has 3 aromatic rings. The van der Waals surface area contributed by atoms with E-state index < -0.39 is 5.60 Å². The number of fused-ring (bicyclic) bond motifs is 2. The Hall–Kier alpha value is -3.07. The Morgan fingerprint density at radius 2 is 2.31 bits per heavy atom. The van der Waals surface area contributed by atoms with Gasteiger partial charge in [0.15, 0.2) is 11.2 Å². The molecule has 29 heavy (non-hydrogen) atoms. The van der Waals surface area contributed by atoms with Gasteiger partial charge >= 0.3 is 0 Å². The highest BCUT2D eigenvalue weighted by Crippen LogP contribution is 2.42. The van der Waals surface area contributed by atoms with Crippen molar-refractivity contribution in [3.63, 3.8) is 0 Å². The maximum Gasteiger partial charge on any atom is 0.160 e. The Balaban J connectivity index is 1.65. The lowest BCUT2D eigenvalue weighted by atomic mass is 9.96. The van der Waals surface area contributed by atoms with E-state index in [1.54, 1.807) is 10.7 Å². The summed E-state index contributed by atoms with van der Waals surface area (Å²) in [5, 5.41) is 10.5. The summed E-state index contributed by atoms with van der Waals surface area (Å²) in [5.74, 6) is 0.842. The zero-order chi connectivity index (χ0) is 20.6. The molecule has 4 rings (SSSR count). The van der Waals surface area contributed by atoms with Gasteiger partial charge in [-0.1, -0.05) is 5.18 Å². The van der Waals surface area contributed by atoms with Gasteiger partial charge in [0.2, 0.25) is 0 Å². The molecule has 1 aliphatic rings. The molecule has 0 saturated heterocycles. The van der Waals surface area contributed by atoms with Gasteiger partial charge in [-0.15, -0.1) is 0 Å². The first-order chi connectivity index (χ1) is 13.9. The number of halogens is 1. The molecule has 0 bridgehead atoms. The van der Waals surface area contributed by atoms with Crippen molar-refractivity contribution in [2.75, 3.05) is 25.6 Å². The lowest BCUT2D eigenvalue weighted by Gasteiger charge is -2.26. The van der Waals surface area contributed by atoms with Crippen molar-refractivity contribution < 1.29 is 13.9 Å². The van der Waals surface area contributed by atoms with E-state index in [1.807, 2.05) is 26.1 Å². The number of nitrogens with one attached hydrogen (secondary N) is 1. The maximum absolute atomic E-state index is 14.3. The molecule has 0 fully saturated rings. The van der Waals surface area contributed by atoms with Crippen LogP contribution in [0.1, 0.15) is 29.7 Å². The van der Waals surface area contributed by atoms with Crippen LogP contribution in [0.15, 0.2) is 35.8 Å². The minimum absolute atomic E-state index is 0.0723. The molecule has 0 aliphatic carbocycles. The molecule has 2 atom stereocenters. The fraction of sp³-hybridized carbons (Fsp3) is 0.400. The summed E-state index contributed by atoms with van der Waals surface area (Å²) in [5.41, 5.74) is 2.15. The third-order valence-corrected chi connectivity index (χ3v) is 5.13. The summed E-state index contributed by atoms with van der Waals surface area (Å²) in [7, 11) is 1.53. The van der Waals surface area contributed by atoms with Crippen molar-refractivity contribution in [3.05, 3.63) is 58.0 Å². The molecule has 9 heteroatoms. The quantitative estimate of drug-likeness (QED) is 0.612. The van der Waals surface area contributed by atoms with Crippen molar-refractivity contribution in [1.29, 1.82) is 0 Å². The number of ether oxygens (including phenoxy) is 2. The van der Waals surface area contributed by atoms with E-state index in [2.05, 4.69) is 20.6 Å². The fourth-order valence-electron chi connectivity index (χ4n) is 3.81. The van der Waals surface area contributed by atoms with Crippen LogP contribution in [0.25, 0.3) is 5.65 Å². The van der Waals surface area contributed by atoms with E-state index in [9.17, 15) is 9.30 Å². The van der Waals surface area contributed by atoms with Crippen molar-refractivity contribution in [3.8, 4) is 5.75 Å². The fourth-order valence-corrected chi connectivity index (χ4v) is 3.81. The Kier molecular flexibility index (Phi) is 4.91. The van der Waals surface area contributed by atoms with E-state index in [4.69, 9.17) is 9.47 Å². The molecule has 0 radical (unpaired) electrons. The summed E-state index contributed by atoms with van der Waals surface area (Å²) < 4.78 is 27.4. The average Bonchev–Trinajstić information content (AvgIpc) is 3.22. The van der Waals surface area contributed by atoms with Crippen molar-refractivity contribution in [2.45, 2.75) is 31.9 Å². The standard InChI is InChI=1S/C20H22FN5O3/c1-12-9-22-26-5-4-17(25-19(12)26)24-13(2)16-7-15(21)6-14-8-20(10-23-27,11-28-3)29-18(14)16/h4-7,9,13H,8,10-11H2,1-3H3,(H,24,25)/t13-,20-/m1/s1. The topological polar surface area (TPSA) is 90.1 Å². The molecular formula is C20H22FN5O3. The van der Waals surface area contributed by atoms with E-state index in [0.717, 1.165) is 11.2 Å². The summed E-state index contributed by atoms with van der Waals surface area (Å²) in [6, 6.07) is 4.39. The Labute approximate surface area is 167 Å². The lowest BCUT2D eigenvalue weighted by Crippen LogP contribution is -2.42. The predicted octanol–water partition coefficient (Wildman–Crippen LogP) is 3.44. The number of rotatable bonds is 7. The predicted molar refractivity (Wildman–Crippen MR) is 106 cm³/mol. The molecule has 0 saturated carbocycles. The molecule has 8 nitrogen and oxygen atoms in total. The second-order valence-corrected chi connectivity index (χ2v) is 7.44. The second kappa shape index (κ2) is 7.40.